The Kier molecular flexibility index (Phi) is 3.92. The molecule has 0 spiro atoms. The minimum atomic E-state index is -0.171. The Labute approximate surface area is 144 Å². The zero-order valence-electron chi connectivity index (χ0n) is 14.1. The number of rotatable bonds is 4. The Morgan fingerprint density at radius 3 is 2.83 bits per heavy atom. The summed E-state index contributed by atoms with van der Waals surface area (Å²) in [6, 6.07) is 4.11. The normalized spacial score (nSPS) is 29.2. The number of nitrogens with zero attached hydrogens (tertiary/aromatic N) is 3. The van der Waals surface area contributed by atoms with E-state index in [1.807, 2.05) is 4.90 Å². The summed E-state index contributed by atoms with van der Waals surface area (Å²) in [6.07, 6.45) is 1.66. The molecule has 2 aromatic rings. The first kappa shape index (κ1) is 15.8. The Morgan fingerprint density at radius 2 is 2.21 bits per heavy atom. The van der Waals surface area contributed by atoms with Crippen molar-refractivity contribution in [2.75, 3.05) is 13.7 Å². The number of likely N-dealkylation sites (tertiary alicyclic amines) is 1. The van der Waals surface area contributed by atoms with Gasteiger partial charge in [0.1, 0.15) is 6.04 Å². The summed E-state index contributed by atoms with van der Waals surface area (Å²) in [5, 5.41) is 3.87. The van der Waals surface area contributed by atoms with Crippen LogP contribution in [0.4, 0.5) is 0 Å². The topological polar surface area (TPSA) is 68.5 Å². The second-order valence-corrected chi connectivity index (χ2v) is 8.00. The van der Waals surface area contributed by atoms with Crippen LogP contribution in [-0.2, 0) is 9.53 Å². The van der Waals surface area contributed by atoms with Crippen LogP contribution in [0.15, 0.2) is 16.7 Å². The first-order chi connectivity index (χ1) is 11.6. The highest BCUT2D eigenvalue weighted by atomic mass is 32.1. The van der Waals surface area contributed by atoms with Crippen LogP contribution < -0.4 is 0 Å². The molecule has 0 bridgehead atoms. The molecule has 0 unspecified atom stereocenters. The van der Waals surface area contributed by atoms with Crippen LogP contribution in [0.1, 0.15) is 46.3 Å². The number of hydrogen-bond acceptors (Lipinski definition) is 6. The highest BCUT2D eigenvalue weighted by molar-refractivity contribution is 7.12. The van der Waals surface area contributed by atoms with E-state index in [9.17, 15) is 4.79 Å². The van der Waals surface area contributed by atoms with Gasteiger partial charge in [0, 0.05) is 41.7 Å². The Balaban J connectivity index is 1.52. The number of hydrogen-bond donors (Lipinski definition) is 0. The number of thiophene rings is 1. The van der Waals surface area contributed by atoms with Gasteiger partial charge < -0.3 is 14.2 Å². The van der Waals surface area contributed by atoms with Crippen LogP contribution >= 0.6 is 11.3 Å². The van der Waals surface area contributed by atoms with Crippen LogP contribution in [0.25, 0.3) is 0 Å². The smallest absolute Gasteiger partial charge is 0.249 e. The number of carbonyl (C=O) groups excluding carboxylic acids is 1. The second-order valence-electron chi connectivity index (χ2n) is 6.68. The molecule has 2 aromatic heterocycles. The van der Waals surface area contributed by atoms with Crippen molar-refractivity contribution in [2.24, 2.45) is 5.92 Å². The SMILES string of the molecule is CO[C@@H]1C[C@H](c2nc(C)no2)N(C(=O)[C@H]2C[C@@H]2c2ccc(C)s2)C1. The summed E-state index contributed by atoms with van der Waals surface area (Å²) in [4.78, 5) is 21.9. The summed E-state index contributed by atoms with van der Waals surface area (Å²) in [7, 11) is 1.68. The van der Waals surface area contributed by atoms with Gasteiger partial charge >= 0.3 is 0 Å². The van der Waals surface area contributed by atoms with Crippen molar-refractivity contribution in [2.45, 2.75) is 44.8 Å². The summed E-state index contributed by atoms with van der Waals surface area (Å²) in [6.45, 7) is 4.48. The van der Waals surface area contributed by atoms with Gasteiger partial charge in [-0.25, -0.2) is 0 Å². The van der Waals surface area contributed by atoms with E-state index < -0.39 is 0 Å². The van der Waals surface area contributed by atoms with Gasteiger partial charge in [-0.2, -0.15) is 4.98 Å². The molecular formula is C17H21N3O3S. The summed E-state index contributed by atoms with van der Waals surface area (Å²) < 4.78 is 10.8. The van der Waals surface area contributed by atoms with Gasteiger partial charge in [0.2, 0.25) is 11.8 Å². The number of carbonyl (C=O) groups is 1. The van der Waals surface area contributed by atoms with Crippen molar-refractivity contribution < 1.29 is 14.1 Å². The molecule has 24 heavy (non-hydrogen) atoms. The predicted molar refractivity (Wildman–Crippen MR) is 88.8 cm³/mol. The fraction of sp³-hybridized carbons (Fsp3) is 0.588. The zero-order valence-corrected chi connectivity index (χ0v) is 14.9. The number of amides is 1. The molecule has 2 fully saturated rings. The molecule has 7 heteroatoms. The fourth-order valence-corrected chi connectivity index (χ4v) is 4.60. The molecule has 4 rings (SSSR count). The van der Waals surface area contributed by atoms with Crippen molar-refractivity contribution in [1.29, 1.82) is 0 Å². The summed E-state index contributed by atoms with van der Waals surface area (Å²) >= 11 is 1.79. The molecule has 0 aromatic carbocycles. The lowest BCUT2D eigenvalue weighted by atomic mass is 10.2. The lowest BCUT2D eigenvalue weighted by molar-refractivity contribution is -0.134. The third-order valence-corrected chi connectivity index (χ3v) is 6.07. The Morgan fingerprint density at radius 1 is 1.38 bits per heavy atom. The molecule has 1 saturated carbocycles. The van der Waals surface area contributed by atoms with Crippen molar-refractivity contribution in [1.82, 2.24) is 15.0 Å². The van der Waals surface area contributed by atoms with Crippen molar-refractivity contribution in [3.8, 4) is 0 Å². The average Bonchev–Trinajstić information content (AvgIpc) is 2.90. The van der Waals surface area contributed by atoms with Crippen molar-refractivity contribution in [3.05, 3.63) is 33.6 Å². The molecule has 6 nitrogen and oxygen atoms in total. The number of ether oxygens (including phenoxy) is 1. The van der Waals surface area contributed by atoms with Gasteiger partial charge in [-0.3, -0.25) is 4.79 Å². The Hall–Kier alpha value is -1.73. The van der Waals surface area contributed by atoms with E-state index >= 15 is 0 Å². The maximum absolute atomic E-state index is 13.0. The minimum absolute atomic E-state index is 0.0207. The highest BCUT2D eigenvalue weighted by Gasteiger charge is 2.50. The second kappa shape index (κ2) is 5.97. The first-order valence-corrected chi connectivity index (χ1v) is 9.08. The van der Waals surface area contributed by atoms with Crippen molar-refractivity contribution in [3.63, 3.8) is 0 Å². The molecule has 4 atom stereocenters. The van der Waals surface area contributed by atoms with Gasteiger partial charge in [-0.15, -0.1) is 11.3 Å². The van der Waals surface area contributed by atoms with Gasteiger partial charge in [-0.05, 0) is 32.4 Å². The van der Waals surface area contributed by atoms with E-state index in [0.717, 1.165) is 6.42 Å². The maximum Gasteiger partial charge on any atom is 0.249 e. The molecule has 1 aliphatic heterocycles. The third-order valence-electron chi connectivity index (χ3n) is 4.94. The molecule has 0 N–H and O–H groups in total. The van der Waals surface area contributed by atoms with E-state index in [2.05, 4.69) is 29.2 Å². The predicted octanol–water partition coefficient (Wildman–Crippen LogP) is 2.84. The van der Waals surface area contributed by atoms with E-state index in [1.54, 1.807) is 25.4 Å². The summed E-state index contributed by atoms with van der Waals surface area (Å²) in [5.41, 5.74) is 0. The standard InChI is InChI=1S/C17H21N3O3S/c1-9-4-5-15(24-9)12-7-13(12)17(21)20-8-11(22-3)6-14(20)16-18-10(2)19-23-16/h4-5,11-14H,6-8H2,1-3H3/t11-,12+,13+,14-/m1/s1. The lowest BCUT2D eigenvalue weighted by Gasteiger charge is -2.21. The number of aryl methyl sites for hydroxylation is 2. The lowest BCUT2D eigenvalue weighted by Crippen LogP contribution is -2.33. The molecule has 2 aliphatic rings. The molecule has 128 valence electrons. The molecule has 3 heterocycles. The maximum atomic E-state index is 13.0. The van der Waals surface area contributed by atoms with Gasteiger partial charge in [-0.1, -0.05) is 5.16 Å². The van der Waals surface area contributed by atoms with Gasteiger partial charge in [0.15, 0.2) is 5.82 Å². The molecule has 1 amide bonds. The largest absolute Gasteiger partial charge is 0.380 e. The third kappa shape index (κ3) is 2.75. The molecular weight excluding hydrogens is 326 g/mol. The van der Waals surface area contributed by atoms with Crippen LogP contribution in [0.3, 0.4) is 0 Å². The van der Waals surface area contributed by atoms with E-state index in [1.165, 1.54) is 9.75 Å². The van der Waals surface area contributed by atoms with Crippen LogP contribution in [0.5, 0.6) is 0 Å². The zero-order chi connectivity index (χ0) is 16.8. The van der Waals surface area contributed by atoms with Crippen molar-refractivity contribution >= 4 is 17.2 Å². The number of aromatic nitrogens is 2. The molecule has 0 radical (unpaired) electrons. The summed E-state index contributed by atoms with van der Waals surface area (Å²) in [5.74, 6) is 1.74. The van der Waals surface area contributed by atoms with E-state index in [0.29, 0.717) is 30.6 Å². The van der Waals surface area contributed by atoms with E-state index in [-0.39, 0.29) is 24.0 Å². The quantitative estimate of drug-likeness (QED) is 0.851. The monoisotopic (exact) mass is 347 g/mol. The van der Waals surface area contributed by atoms with E-state index in [4.69, 9.17) is 9.26 Å². The average molecular weight is 347 g/mol. The fourth-order valence-electron chi connectivity index (χ4n) is 3.54. The molecule has 1 aliphatic carbocycles. The van der Waals surface area contributed by atoms with Crippen LogP contribution in [0, 0.1) is 19.8 Å². The Bertz CT molecular complexity index is 756. The van der Waals surface area contributed by atoms with Crippen LogP contribution in [0.2, 0.25) is 0 Å². The first-order valence-electron chi connectivity index (χ1n) is 8.26. The van der Waals surface area contributed by atoms with Crippen LogP contribution in [-0.4, -0.2) is 40.7 Å². The minimum Gasteiger partial charge on any atom is -0.380 e. The highest BCUT2D eigenvalue weighted by Crippen LogP contribution is 2.52. The van der Waals surface area contributed by atoms with Gasteiger partial charge in [0.05, 0.1) is 6.10 Å². The van der Waals surface area contributed by atoms with Gasteiger partial charge in [0.25, 0.3) is 0 Å². The number of methoxy groups -OCH3 is 1. The molecule has 1 saturated heterocycles.